The number of rotatable bonds is 4. The van der Waals surface area contributed by atoms with Crippen LogP contribution in [0.15, 0.2) is 24.4 Å². The minimum atomic E-state index is -0.112. The van der Waals surface area contributed by atoms with Gasteiger partial charge in [-0.25, -0.2) is 0 Å². The number of carbonyl (C=O) groups is 1. The summed E-state index contributed by atoms with van der Waals surface area (Å²) in [4.78, 5) is 15.8. The third kappa shape index (κ3) is 3.87. The molecule has 0 saturated carbocycles. The monoisotopic (exact) mass is 256 g/mol. The van der Waals surface area contributed by atoms with Crippen LogP contribution in [0.3, 0.4) is 0 Å². The van der Waals surface area contributed by atoms with Crippen LogP contribution in [-0.2, 0) is 0 Å². The van der Waals surface area contributed by atoms with Crippen molar-refractivity contribution in [3.05, 3.63) is 30.1 Å². The van der Waals surface area contributed by atoms with Crippen molar-refractivity contribution in [2.24, 2.45) is 0 Å². The van der Waals surface area contributed by atoms with Crippen molar-refractivity contribution in [1.82, 2.24) is 10.3 Å². The summed E-state index contributed by atoms with van der Waals surface area (Å²) in [6, 6.07) is 5.29. The van der Waals surface area contributed by atoms with E-state index in [0.29, 0.717) is 17.1 Å². The first kappa shape index (κ1) is 11.2. The van der Waals surface area contributed by atoms with Crippen LogP contribution in [0, 0.1) is 0 Å². The predicted octanol–water partition coefficient (Wildman–Crippen LogP) is 1.98. The molecule has 1 unspecified atom stereocenters. The summed E-state index contributed by atoms with van der Waals surface area (Å²) >= 11 is 3.41. The van der Waals surface area contributed by atoms with Gasteiger partial charge in [0.05, 0.1) is 0 Å². The molecule has 14 heavy (non-hydrogen) atoms. The molecule has 1 rings (SSSR count). The second-order valence-electron chi connectivity index (χ2n) is 3.04. The van der Waals surface area contributed by atoms with E-state index in [1.54, 1.807) is 24.4 Å². The van der Waals surface area contributed by atoms with Gasteiger partial charge in [-0.2, -0.15) is 0 Å². The van der Waals surface area contributed by atoms with E-state index in [-0.39, 0.29) is 5.91 Å². The molecule has 76 valence electrons. The molecule has 1 amide bonds. The van der Waals surface area contributed by atoms with E-state index in [1.807, 2.05) is 6.92 Å². The molecule has 1 aromatic rings. The molecule has 0 fully saturated rings. The molecule has 0 radical (unpaired) electrons. The predicted molar refractivity (Wildman–Crippen MR) is 59.6 cm³/mol. The highest BCUT2D eigenvalue weighted by atomic mass is 79.9. The maximum Gasteiger partial charge on any atom is 0.269 e. The van der Waals surface area contributed by atoms with Gasteiger partial charge in [-0.1, -0.05) is 28.9 Å². The Kier molecular flexibility index (Phi) is 4.59. The molecule has 3 nitrogen and oxygen atoms in total. The van der Waals surface area contributed by atoms with Gasteiger partial charge >= 0.3 is 0 Å². The molecular formula is C10H13BrN2O. The average Bonchev–Trinajstić information content (AvgIpc) is 2.18. The van der Waals surface area contributed by atoms with Gasteiger partial charge < -0.3 is 5.32 Å². The van der Waals surface area contributed by atoms with Crippen LogP contribution >= 0.6 is 15.9 Å². The van der Waals surface area contributed by atoms with Gasteiger partial charge in [0.15, 0.2) is 0 Å². The van der Waals surface area contributed by atoms with Crippen LogP contribution in [0.2, 0.25) is 0 Å². The Hall–Kier alpha value is -0.900. The standard InChI is InChI=1S/C10H13BrN2O/c1-8(11)5-7-13-10(14)9-4-2-3-6-12-9/h2-4,6,8H,5,7H2,1H3,(H,13,14). The number of amides is 1. The molecule has 0 aliphatic carbocycles. The average molecular weight is 257 g/mol. The number of nitrogens with zero attached hydrogens (tertiary/aromatic N) is 1. The first-order valence-electron chi connectivity index (χ1n) is 4.53. The van der Waals surface area contributed by atoms with Crippen molar-refractivity contribution in [2.45, 2.75) is 18.2 Å². The lowest BCUT2D eigenvalue weighted by Crippen LogP contribution is -2.26. The number of alkyl halides is 1. The Labute approximate surface area is 92.1 Å². The van der Waals surface area contributed by atoms with E-state index in [0.717, 1.165) is 6.42 Å². The van der Waals surface area contributed by atoms with Gasteiger partial charge in [0.25, 0.3) is 5.91 Å². The lowest BCUT2D eigenvalue weighted by atomic mass is 10.3. The highest BCUT2D eigenvalue weighted by Gasteiger charge is 2.05. The van der Waals surface area contributed by atoms with Gasteiger partial charge in [-0.15, -0.1) is 0 Å². The highest BCUT2D eigenvalue weighted by Crippen LogP contribution is 2.01. The first-order chi connectivity index (χ1) is 6.70. The third-order valence-electron chi connectivity index (χ3n) is 1.73. The summed E-state index contributed by atoms with van der Waals surface area (Å²) in [6.07, 6.45) is 2.53. The van der Waals surface area contributed by atoms with Gasteiger partial charge in [0, 0.05) is 17.6 Å². The molecule has 0 aliphatic rings. The highest BCUT2D eigenvalue weighted by molar-refractivity contribution is 9.09. The number of aromatic nitrogens is 1. The second kappa shape index (κ2) is 5.75. The van der Waals surface area contributed by atoms with E-state index in [1.165, 1.54) is 0 Å². The fourth-order valence-corrected chi connectivity index (χ4v) is 1.20. The SMILES string of the molecule is CC(Br)CCNC(=O)c1ccccn1. The van der Waals surface area contributed by atoms with Gasteiger partial charge in [-0.05, 0) is 18.6 Å². The maximum atomic E-state index is 11.4. The minimum Gasteiger partial charge on any atom is -0.351 e. The molecule has 1 aromatic heterocycles. The second-order valence-corrected chi connectivity index (χ2v) is 4.60. The lowest BCUT2D eigenvalue weighted by Gasteiger charge is -2.05. The van der Waals surface area contributed by atoms with Crippen LogP contribution in [-0.4, -0.2) is 22.3 Å². The number of halogens is 1. The molecule has 0 spiro atoms. The largest absolute Gasteiger partial charge is 0.351 e. The molecule has 4 heteroatoms. The third-order valence-corrected chi connectivity index (χ3v) is 2.18. The maximum absolute atomic E-state index is 11.4. The van der Waals surface area contributed by atoms with Crippen LogP contribution < -0.4 is 5.32 Å². The van der Waals surface area contributed by atoms with E-state index >= 15 is 0 Å². The summed E-state index contributed by atoms with van der Waals surface area (Å²) in [7, 11) is 0. The Morgan fingerprint density at radius 1 is 1.64 bits per heavy atom. The Morgan fingerprint density at radius 3 is 3.00 bits per heavy atom. The molecule has 0 aliphatic heterocycles. The zero-order chi connectivity index (χ0) is 10.4. The Morgan fingerprint density at radius 2 is 2.43 bits per heavy atom. The summed E-state index contributed by atoms with van der Waals surface area (Å²) in [5.41, 5.74) is 0.467. The number of hydrogen-bond acceptors (Lipinski definition) is 2. The van der Waals surface area contributed by atoms with Crippen molar-refractivity contribution >= 4 is 21.8 Å². The van der Waals surface area contributed by atoms with Crippen LogP contribution in [0.1, 0.15) is 23.8 Å². The van der Waals surface area contributed by atoms with Crippen LogP contribution in [0.5, 0.6) is 0 Å². The van der Waals surface area contributed by atoms with Crippen molar-refractivity contribution in [1.29, 1.82) is 0 Å². The molecule has 1 heterocycles. The summed E-state index contributed by atoms with van der Waals surface area (Å²) < 4.78 is 0. The number of nitrogens with one attached hydrogen (secondary N) is 1. The quantitative estimate of drug-likeness (QED) is 0.838. The number of pyridine rings is 1. The Bertz CT molecular complexity index is 287. The van der Waals surface area contributed by atoms with Gasteiger partial charge in [-0.3, -0.25) is 9.78 Å². The van der Waals surface area contributed by atoms with E-state index in [9.17, 15) is 4.79 Å². The van der Waals surface area contributed by atoms with E-state index in [2.05, 4.69) is 26.2 Å². The topological polar surface area (TPSA) is 42.0 Å². The summed E-state index contributed by atoms with van der Waals surface area (Å²) in [5, 5.41) is 2.80. The van der Waals surface area contributed by atoms with Crippen LogP contribution in [0.25, 0.3) is 0 Å². The molecule has 0 aromatic carbocycles. The smallest absolute Gasteiger partial charge is 0.269 e. The summed E-state index contributed by atoms with van der Waals surface area (Å²) in [6.45, 7) is 2.72. The van der Waals surface area contributed by atoms with E-state index < -0.39 is 0 Å². The molecule has 0 bridgehead atoms. The molecule has 1 atom stereocenters. The normalized spacial score (nSPS) is 12.1. The van der Waals surface area contributed by atoms with E-state index in [4.69, 9.17) is 0 Å². The van der Waals surface area contributed by atoms with Crippen molar-refractivity contribution in [3.63, 3.8) is 0 Å². The van der Waals surface area contributed by atoms with Crippen molar-refractivity contribution in [2.75, 3.05) is 6.54 Å². The first-order valence-corrected chi connectivity index (χ1v) is 5.45. The fourth-order valence-electron chi connectivity index (χ4n) is 0.972. The number of hydrogen-bond donors (Lipinski definition) is 1. The zero-order valence-corrected chi connectivity index (χ0v) is 9.62. The van der Waals surface area contributed by atoms with Crippen LogP contribution in [0.4, 0.5) is 0 Å². The fraction of sp³-hybridized carbons (Fsp3) is 0.400. The molecule has 0 saturated heterocycles. The summed E-state index contributed by atoms with van der Waals surface area (Å²) in [5.74, 6) is -0.112. The minimum absolute atomic E-state index is 0.112. The van der Waals surface area contributed by atoms with Gasteiger partial charge in [0.1, 0.15) is 5.69 Å². The lowest BCUT2D eigenvalue weighted by molar-refractivity contribution is 0.0948. The molecule has 1 N–H and O–H groups in total. The number of carbonyl (C=O) groups excluding carboxylic acids is 1. The Balaban J connectivity index is 2.36. The molecular weight excluding hydrogens is 244 g/mol. The van der Waals surface area contributed by atoms with Crippen molar-refractivity contribution < 1.29 is 4.79 Å². The van der Waals surface area contributed by atoms with Gasteiger partial charge in [0.2, 0.25) is 0 Å². The van der Waals surface area contributed by atoms with Crippen molar-refractivity contribution in [3.8, 4) is 0 Å². The zero-order valence-electron chi connectivity index (χ0n) is 8.03.